The Bertz CT molecular complexity index is 139. The maximum Gasteiger partial charge on any atom is 0.217 e. The van der Waals surface area contributed by atoms with Crippen molar-refractivity contribution in [2.45, 2.75) is 53.5 Å². The Hall–Kier alpha value is -0.860. The lowest BCUT2D eigenvalue weighted by Gasteiger charge is -2.13. The van der Waals surface area contributed by atoms with E-state index in [0.717, 1.165) is 6.42 Å². The Kier molecular flexibility index (Phi) is 10.4. The zero-order valence-electron chi connectivity index (χ0n) is 9.31. The summed E-state index contributed by atoms with van der Waals surface area (Å²) in [5.74, 6) is 0.0451. The summed E-state index contributed by atoms with van der Waals surface area (Å²) >= 11 is 0. The zero-order valence-corrected chi connectivity index (χ0v) is 9.31. The van der Waals surface area contributed by atoms with Gasteiger partial charge in [-0.3, -0.25) is 9.59 Å². The van der Waals surface area contributed by atoms with Crippen LogP contribution >= 0.6 is 0 Å². The summed E-state index contributed by atoms with van der Waals surface area (Å²) in [6.45, 7) is 8.94. The molecule has 3 nitrogen and oxygen atoms in total. The number of hydrogen-bond donors (Lipinski definition) is 1. The van der Waals surface area contributed by atoms with E-state index in [-0.39, 0.29) is 17.7 Å². The molecule has 0 aliphatic heterocycles. The van der Waals surface area contributed by atoms with Crippen LogP contribution in [0.15, 0.2) is 0 Å². The average Bonchev–Trinajstić information content (AvgIpc) is 2.05. The molecule has 0 saturated heterocycles. The van der Waals surface area contributed by atoms with Crippen LogP contribution in [-0.2, 0) is 9.59 Å². The van der Waals surface area contributed by atoms with Gasteiger partial charge in [0.05, 0.1) is 0 Å². The fourth-order valence-corrected chi connectivity index (χ4v) is 0.932. The third-order valence-corrected chi connectivity index (χ3v) is 1.43. The van der Waals surface area contributed by atoms with Crippen LogP contribution in [0.4, 0.5) is 0 Å². The van der Waals surface area contributed by atoms with Crippen LogP contribution in [0.5, 0.6) is 0 Å². The number of Topliss-reactive ketones (excluding diaryl/α,β-unsaturated/α-hetero) is 1. The molecule has 0 fully saturated rings. The van der Waals surface area contributed by atoms with Gasteiger partial charge in [0.1, 0.15) is 5.78 Å². The Labute approximate surface area is 80.9 Å². The molecule has 13 heavy (non-hydrogen) atoms. The van der Waals surface area contributed by atoms with Gasteiger partial charge in [0, 0.05) is 19.4 Å². The number of carbonyl (C=O) groups excluding carboxylic acids is 2. The minimum absolute atomic E-state index is 0.0185. The first kappa shape index (κ1) is 14.7. The first-order chi connectivity index (χ1) is 6.06. The Morgan fingerprint density at radius 1 is 1.23 bits per heavy atom. The van der Waals surface area contributed by atoms with E-state index < -0.39 is 0 Å². The van der Waals surface area contributed by atoms with Crippen molar-refractivity contribution in [2.75, 3.05) is 0 Å². The molecule has 3 heteroatoms. The summed E-state index contributed by atoms with van der Waals surface area (Å²) in [5.41, 5.74) is 0. The van der Waals surface area contributed by atoms with Gasteiger partial charge in [-0.25, -0.2) is 0 Å². The predicted octanol–water partition coefficient (Wildman–Crippen LogP) is 1.91. The smallest absolute Gasteiger partial charge is 0.217 e. The van der Waals surface area contributed by atoms with E-state index in [4.69, 9.17) is 0 Å². The van der Waals surface area contributed by atoms with E-state index in [0.29, 0.717) is 6.42 Å². The van der Waals surface area contributed by atoms with Crippen LogP contribution in [0.2, 0.25) is 0 Å². The number of rotatable bonds is 4. The quantitative estimate of drug-likeness (QED) is 0.730. The van der Waals surface area contributed by atoms with Crippen molar-refractivity contribution in [1.82, 2.24) is 5.32 Å². The van der Waals surface area contributed by atoms with Crippen molar-refractivity contribution in [3.05, 3.63) is 0 Å². The topological polar surface area (TPSA) is 46.2 Å². The summed E-state index contributed by atoms with van der Waals surface area (Å²) in [4.78, 5) is 21.2. The number of amides is 1. The summed E-state index contributed by atoms with van der Waals surface area (Å²) in [5, 5.41) is 2.70. The molecule has 0 rings (SSSR count). The molecule has 0 spiro atoms. The Morgan fingerprint density at radius 3 is 1.92 bits per heavy atom. The predicted molar refractivity (Wildman–Crippen MR) is 54.5 cm³/mol. The van der Waals surface area contributed by atoms with Gasteiger partial charge >= 0.3 is 0 Å². The third kappa shape index (κ3) is 11.1. The minimum Gasteiger partial charge on any atom is -0.353 e. The van der Waals surface area contributed by atoms with Gasteiger partial charge in [0.15, 0.2) is 0 Å². The van der Waals surface area contributed by atoms with Crippen LogP contribution < -0.4 is 5.32 Å². The molecule has 1 N–H and O–H groups in total. The van der Waals surface area contributed by atoms with E-state index in [9.17, 15) is 9.59 Å². The van der Waals surface area contributed by atoms with Crippen molar-refractivity contribution in [3.63, 3.8) is 0 Å². The Morgan fingerprint density at radius 2 is 1.69 bits per heavy atom. The lowest BCUT2D eigenvalue weighted by atomic mass is 10.1. The van der Waals surface area contributed by atoms with Gasteiger partial charge in [-0.05, 0) is 13.3 Å². The van der Waals surface area contributed by atoms with Crippen molar-refractivity contribution in [1.29, 1.82) is 0 Å². The Balaban J connectivity index is 0. The molecule has 0 aromatic heterocycles. The van der Waals surface area contributed by atoms with E-state index in [1.807, 2.05) is 20.8 Å². The fourth-order valence-electron chi connectivity index (χ4n) is 0.932. The van der Waals surface area contributed by atoms with Crippen LogP contribution in [-0.4, -0.2) is 17.7 Å². The fraction of sp³-hybridized carbons (Fsp3) is 0.800. The van der Waals surface area contributed by atoms with Crippen molar-refractivity contribution in [3.8, 4) is 0 Å². The number of ketones is 1. The van der Waals surface area contributed by atoms with Crippen LogP contribution in [0.3, 0.4) is 0 Å². The lowest BCUT2D eigenvalue weighted by molar-refractivity contribution is -0.120. The summed E-state index contributed by atoms with van der Waals surface area (Å²) in [6, 6.07) is 0.0185. The largest absolute Gasteiger partial charge is 0.353 e. The van der Waals surface area contributed by atoms with Crippen molar-refractivity contribution in [2.24, 2.45) is 0 Å². The normalized spacial score (nSPS) is 10.8. The maximum absolute atomic E-state index is 10.6. The van der Waals surface area contributed by atoms with Crippen LogP contribution in [0.25, 0.3) is 0 Å². The van der Waals surface area contributed by atoms with Gasteiger partial charge in [-0.15, -0.1) is 0 Å². The van der Waals surface area contributed by atoms with E-state index in [1.54, 1.807) is 0 Å². The molecule has 0 heterocycles. The van der Waals surface area contributed by atoms with E-state index in [2.05, 4.69) is 5.32 Å². The van der Waals surface area contributed by atoms with Crippen molar-refractivity contribution < 1.29 is 9.59 Å². The standard InChI is InChI=1S/C8H15NO2.C2H6/c1-4-8(5-6(2)10)9-7(3)11;1-2/h8H,4-5H2,1-3H3,(H,9,11);1-2H3. The van der Waals surface area contributed by atoms with Gasteiger partial charge in [0.25, 0.3) is 0 Å². The second kappa shape index (κ2) is 9.23. The van der Waals surface area contributed by atoms with Gasteiger partial charge in [-0.1, -0.05) is 20.8 Å². The molecule has 0 aromatic rings. The molecule has 0 aliphatic rings. The molecule has 0 bridgehead atoms. The highest BCUT2D eigenvalue weighted by Gasteiger charge is 2.08. The summed E-state index contributed by atoms with van der Waals surface area (Å²) in [7, 11) is 0. The van der Waals surface area contributed by atoms with Gasteiger partial charge in [-0.2, -0.15) is 0 Å². The second-order valence-corrected chi connectivity index (χ2v) is 2.71. The van der Waals surface area contributed by atoms with Gasteiger partial charge in [0.2, 0.25) is 5.91 Å². The van der Waals surface area contributed by atoms with E-state index >= 15 is 0 Å². The third-order valence-electron chi connectivity index (χ3n) is 1.43. The van der Waals surface area contributed by atoms with Crippen LogP contribution in [0, 0.1) is 0 Å². The maximum atomic E-state index is 10.6. The molecule has 1 amide bonds. The van der Waals surface area contributed by atoms with Crippen molar-refractivity contribution >= 4 is 11.7 Å². The summed E-state index contributed by atoms with van der Waals surface area (Å²) < 4.78 is 0. The number of carbonyl (C=O) groups is 2. The molecule has 78 valence electrons. The monoisotopic (exact) mass is 187 g/mol. The molecule has 0 saturated carbocycles. The van der Waals surface area contributed by atoms with E-state index in [1.165, 1.54) is 13.8 Å². The molecule has 0 aromatic carbocycles. The molecule has 1 unspecified atom stereocenters. The minimum atomic E-state index is -0.0712. The first-order valence-electron chi connectivity index (χ1n) is 4.82. The molecule has 0 radical (unpaired) electrons. The molecule has 0 aliphatic carbocycles. The first-order valence-corrected chi connectivity index (χ1v) is 4.82. The zero-order chi connectivity index (χ0) is 10.9. The highest BCUT2D eigenvalue weighted by Crippen LogP contribution is 1.97. The highest BCUT2D eigenvalue weighted by molar-refractivity contribution is 5.78. The number of hydrogen-bond acceptors (Lipinski definition) is 2. The average molecular weight is 187 g/mol. The number of nitrogens with one attached hydrogen (secondary N) is 1. The second-order valence-electron chi connectivity index (χ2n) is 2.71. The summed E-state index contributed by atoms with van der Waals surface area (Å²) in [6.07, 6.45) is 1.25. The van der Waals surface area contributed by atoms with Crippen LogP contribution in [0.1, 0.15) is 47.5 Å². The van der Waals surface area contributed by atoms with Gasteiger partial charge < -0.3 is 5.32 Å². The molecular weight excluding hydrogens is 166 g/mol. The molecule has 1 atom stereocenters. The SMILES string of the molecule is CC.CCC(CC(C)=O)NC(C)=O. The molecular formula is C10H21NO2. The lowest BCUT2D eigenvalue weighted by Crippen LogP contribution is -2.33. The highest BCUT2D eigenvalue weighted by atomic mass is 16.1.